The third-order valence-electron chi connectivity index (χ3n) is 4.28. The predicted octanol–water partition coefficient (Wildman–Crippen LogP) is 2.99. The second-order valence-electron chi connectivity index (χ2n) is 5.94. The molecule has 2 aromatic rings. The summed E-state index contributed by atoms with van der Waals surface area (Å²) in [4.78, 5) is 26.8. The minimum atomic E-state index is -0.437. The Kier molecular flexibility index (Phi) is 5.81. The van der Waals surface area contributed by atoms with Gasteiger partial charge in [0.1, 0.15) is 11.4 Å². The van der Waals surface area contributed by atoms with Crippen LogP contribution in [-0.4, -0.2) is 35.1 Å². The summed E-state index contributed by atoms with van der Waals surface area (Å²) in [6, 6.07) is 11.4. The predicted molar refractivity (Wildman–Crippen MR) is 98.0 cm³/mol. The fourth-order valence-corrected chi connectivity index (χ4v) is 4.39. The number of hydrogen-bond donors (Lipinski definition) is 1. The van der Waals surface area contributed by atoms with E-state index in [0.29, 0.717) is 18.7 Å². The Morgan fingerprint density at radius 1 is 1.28 bits per heavy atom. The Labute approximate surface area is 151 Å². The summed E-state index contributed by atoms with van der Waals surface area (Å²) in [5, 5.41) is 2.82. The molecule has 6 heteroatoms. The number of amides is 2. The molecular formula is C19H22N2O3S. The summed E-state index contributed by atoms with van der Waals surface area (Å²) in [6.07, 6.45) is 4.39. The van der Waals surface area contributed by atoms with Crippen molar-refractivity contribution in [1.29, 1.82) is 0 Å². The standard InChI is InChI=1S/C19H22N2O3S/c1-2-17(22)21-16(13-25-19(21)15-9-11-24-12-15)18(23)20-10-8-14-6-4-3-5-7-14/h3-7,9,11-12,16,19H,2,8,10,13H2,1H3,(H,20,23)/t16-,19+/m0/s1. The van der Waals surface area contributed by atoms with Gasteiger partial charge in [-0.25, -0.2) is 0 Å². The van der Waals surface area contributed by atoms with Crippen LogP contribution in [0.2, 0.25) is 0 Å². The van der Waals surface area contributed by atoms with Gasteiger partial charge in [-0.3, -0.25) is 9.59 Å². The highest BCUT2D eigenvalue weighted by Crippen LogP contribution is 2.41. The number of nitrogens with zero attached hydrogens (tertiary/aromatic N) is 1. The number of nitrogens with one attached hydrogen (secondary N) is 1. The van der Waals surface area contributed by atoms with Gasteiger partial charge in [-0.05, 0) is 18.1 Å². The first-order chi connectivity index (χ1) is 12.2. The van der Waals surface area contributed by atoms with Gasteiger partial charge in [0.15, 0.2) is 0 Å². The number of thioether (sulfide) groups is 1. The molecular weight excluding hydrogens is 336 g/mol. The maximum Gasteiger partial charge on any atom is 0.243 e. The molecule has 0 unspecified atom stereocenters. The first-order valence-corrected chi connectivity index (χ1v) is 9.52. The molecule has 5 nitrogen and oxygen atoms in total. The first-order valence-electron chi connectivity index (χ1n) is 8.47. The summed E-state index contributed by atoms with van der Waals surface area (Å²) in [6.45, 7) is 2.39. The Hall–Kier alpha value is -2.21. The zero-order valence-electron chi connectivity index (χ0n) is 14.2. The van der Waals surface area contributed by atoms with Crippen molar-refractivity contribution in [1.82, 2.24) is 10.2 Å². The summed E-state index contributed by atoms with van der Waals surface area (Å²) in [5.41, 5.74) is 2.10. The first kappa shape index (κ1) is 17.6. The Morgan fingerprint density at radius 3 is 2.76 bits per heavy atom. The van der Waals surface area contributed by atoms with Crippen molar-refractivity contribution >= 4 is 23.6 Å². The van der Waals surface area contributed by atoms with Gasteiger partial charge < -0.3 is 14.6 Å². The molecule has 3 rings (SSSR count). The van der Waals surface area contributed by atoms with E-state index < -0.39 is 6.04 Å². The van der Waals surface area contributed by atoms with Crippen LogP contribution < -0.4 is 5.32 Å². The van der Waals surface area contributed by atoms with Crippen molar-refractivity contribution in [3.63, 3.8) is 0 Å². The largest absolute Gasteiger partial charge is 0.472 e. The van der Waals surface area contributed by atoms with Crippen LogP contribution in [0.15, 0.2) is 53.3 Å². The van der Waals surface area contributed by atoms with Gasteiger partial charge in [0, 0.05) is 24.3 Å². The minimum absolute atomic E-state index is 0.0144. The molecule has 1 aliphatic heterocycles. The van der Waals surface area contributed by atoms with E-state index >= 15 is 0 Å². The number of carbonyl (C=O) groups is 2. The lowest BCUT2D eigenvalue weighted by Crippen LogP contribution is -2.48. The number of hydrogen-bond acceptors (Lipinski definition) is 4. The smallest absolute Gasteiger partial charge is 0.243 e. The second-order valence-corrected chi connectivity index (χ2v) is 7.05. The molecule has 1 aromatic heterocycles. The quantitative estimate of drug-likeness (QED) is 0.862. The highest BCUT2D eigenvalue weighted by molar-refractivity contribution is 7.99. The lowest BCUT2D eigenvalue weighted by atomic mass is 10.1. The van der Waals surface area contributed by atoms with E-state index in [2.05, 4.69) is 5.32 Å². The van der Waals surface area contributed by atoms with E-state index in [4.69, 9.17) is 4.42 Å². The molecule has 2 heterocycles. The molecule has 0 saturated carbocycles. The van der Waals surface area contributed by atoms with E-state index in [1.54, 1.807) is 29.2 Å². The Bertz CT molecular complexity index is 703. The Balaban J connectivity index is 1.63. The number of furan rings is 1. The van der Waals surface area contributed by atoms with Gasteiger partial charge in [-0.15, -0.1) is 11.8 Å². The summed E-state index contributed by atoms with van der Waals surface area (Å²) < 4.78 is 5.15. The van der Waals surface area contributed by atoms with Crippen LogP contribution in [0.3, 0.4) is 0 Å². The van der Waals surface area contributed by atoms with Crippen LogP contribution in [-0.2, 0) is 16.0 Å². The summed E-state index contributed by atoms with van der Waals surface area (Å²) in [7, 11) is 0. The van der Waals surface area contributed by atoms with Crippen molar-refractivity contribution in [2.75, 3.05) is 12.3 Å². The van der Waals surface area contributed by atoms with Gasteiger partial charge in [0.05, 0.1) is 12.5 Å². The molecule has 2 amide bonds. The molecule has 1 fully saturated rings. The van der Waals surface area contributed by atoms with Gasteiger partial charge in [0.2, 0.25) is 11.8 Å². The molecule has 1 aromatic carbocycles. The maximum absolute atomic E-state index is 12.6. The second kappa shape index (κ2) is 8.25. The lowest BCUT2D eigenvalue weighted by molar-refractivity contribution is -0.139. The summed E-state index contributed by atoms with van der Waals surface area (Å²) >= 11 is 1.60. The Morgan fingerprint density at radius 2 is 2.08 bits per heavy atom. The van der Waals surface area contributed by atoms with Gasteiger partial charge in [-0.2, -0.15) is 0 Å². The van der Waals surface area contributed by atoms with Crippen molar-refractivity contribution in [3.8, 4) is 0 Å². The van der Waals surface area contributed by atoms with Crippen molar-refractivity contribution in [2.24, 2.45) is 0 Å². The molecule has 0 bridgehead atoms. The number of benzene rings is 1. The van der Waals surface area contributed by atoms with Gasteiger partial charge in [0.25, 0.3) is 0 Å². The number of carbonyl (C=O) groups excluding carboxylic acids is 2. The molecule has 0 aliphatic carbocycles. The normalized spacial score (nSPS) is 19.8. The molecule has 132 valence electrons. The topological polar surface area (TPSA) is 62.6 Å². The van der Waals surface area contributed by atoms with E-state index in [9.17, 15) is 9.59 Å². The summed E-state index contributed by atoms with van der Waals surface area (Å²) in [5.74, 6) is 0.495. The van der Waals surface area contributed by atoms with E-state index in [1.807, 2.05) is 43.3 Å². The van der Waals surface area contributed by atoms with Crippen molar-refractivity contribution in [3.05, 3.63) is 60.1 Å². The average Bonchev–Trinajstić information content (AvgIpc) is 3.31. The zero-order valence-corrected chi connectivity index (χ0v) is 15.0. The van der Waals surface area contributed by atoms with E-state index in [1.165, 1.54) is 5.56 Å². The molecule has 1 aliphatic rings. The zero-order chi connectivity index (χ0) is 17.6. The highest BCUT2D eigenvalue weighted by Gasteiger charge is 2.41. The minimum Gasteiger partial charge on any atom is -0.472 e. The molecule has 1 N–H and O–H groups in total. The van der Waals surface area contributed by atoms with Crippen LogP contribution in [0.25, 0.3) is 0 Å². The van der Waals surface area contributed by atoms with Crippen LogP contribution in [0.1, 0.15) is 29.8 Å². The van der Waals surface area contributed by atoms with E-state index in [-0.39, 0.29) is 17.2 Å². The van der Waals surface area contributed by atoms with Crippen LogP contribution in [0, 0.1) is 0 Å². The fraction of sp³-hybridized carbons (Fsp3) is 0.368. The molecule has 0 radical (unpaired) electrons. The van der Waals surface area contributed by atoms with Gasteiger partial charge in [-0.1, -0.05) is 37.3 Å². The fourth-order valence-electron chi connectivity index (χ4n) is 2.96. The van der Waals surface area contributed by atoms with Gasteiger partial charge >= 0.3 is 0 Å². The van der Waals surface area contributed by atoms with Crippen molar-refractivity contribution in [2.45, 2.75) is 31.2 Å². The third-order valence-corrected chi connectivity index (χ3v) is 5.60. The monoisotopic (exact) mass is 358 g/mol. The molecule has 25 heavy (non-hydrogen) atoms. The molecule has 2 atom stereocenters. The van der Waals surface area contributed by atoms with Crippen molar-refractivity contribution < 1.29 is 14.0 Å². The lowest BCUT2D eigenvalue weighted by Gasteiger charge is -2.28. The highest BCUT2D eigenvalue weighted by atomic mass is 32.2. The SMILES string of the molecule is CCC(=O)N1[C@@H](c2ccoc2)SC[C@H]1C(=O)NCCc1ccccc1. The molecule has 1 saturated heterocycles. The molecule has 0 spiro atoms. The number of rotatable bonds is 6. The van der Waals surface area contributed by atoms with E-state index in [0.717, 1.165) is 12.0 Å². The van der Waals surface area contributed by atoms with Crippen LogP contribution in [0.4, 0.5) is 0 Å². The van der Waals surface area contributed by atoms with Crippen LogP contribution in [0.5, 0.6) is 0 Å². The maximum atomic E-state index is 12.6. The van der Waals surface area contributed by atoms with Crippen LogP contribution >= 0.6 is 11.8 Å². The third kappa shape index (κ3) is 4.07. The average molecular weight is 358 g/mol.